The van der Waals surface area contributed by atoms with Crippen molar-refractivity contribution >= 4 is 11.6 Å². The zero-order chi connectivity index (χ0) is 13.8. The molecule has 0 bridgehead atoms. The predicted octanol–water partition coefficient (Wildman–Crippen LogP) is 2.03. The third kappa shape index (κ3) is 2.77. The van der Waals surface area contributed by atoms with E-state index in [4.69, 9.17) is 5.26 Å². The average molecular weight is 257 g/mol. The van der Waals surface area contributed by atoms with Crippen LogP contribution in [0.2, 0.25) is 0 Å². The molecule has 19 heavy (non-hydrogen) atoms. The Morgan fingerprint density at radius 3 is 2.68 bits per heavy atom. The Bertz CT molecular complexity index is 480. The van der Waals surface area contributed by atoms with Crippen molar-refractivity contribution in [2.75, 3.05) is 18.5 Å². The van der Waals surface area contributed by atoms with Gasteiger partial charge in [-0.25, -0.2) is 0 Å². The number of carbonyl (C=O) groups is 1. The summed E-state index contributed by atoms with van der Waals surface area (Å²) in [6, 6.07) is 11.8. The highest BCUT2D eigenvalue weighted by Crippen LogP contribution is 2.23. The van der Waals surface area contributed by atoms with Crippen molar-refractivity contribution in [3.05, 3.63) is 30.3 Å². The first kappa shape index (κ1) is 13.6. The van der Waals surface area contributed by atoms with Crippen LogP contribution in [0.5, 0.6) is 0 Å². The van der Waals surface area contributed by atoms with E-state index in [-0.39, 0.29) is 18.4 Å². The normalized spacial score (nSPS) is 24.9. The molecule has 1 fully saturated rings. The van der Waals surface area contributed by atoms with Crippen LogP contribution in [0.15, 0.2) is 30.3 Å². The molecule has 0 saturated carbocycles. The van der Waals surface area contributed by atoms with Crippen molar-refractivity contribution < 1.29 is 4.79 Å². The van der Waals surface area contributed by atoms with E-state index in [0.29, 0.717) is 12.6 Å². The highest BCUT2D eigenvalue weighted by Gasteiger charge is 2.34. The van der Waals surface area contributed by atoms with Crippen LogP contribution in [-0.4, -0.2) is 36.5 Å². The monoisotopic (exact) mass is 257 g/mol. The molecule has 2 atom stereocenters. The first-order valence-corrected chi connectivity index (χ1v) is 6.60. The van der Waals surface area contributed by atoms with Gasteiger partial charge in [-0.05, 0) is 32.5 Å². The molecule has 1 aliphatic rings. The van der Waals surface area contributed by atoms with E-state index in [1.165, 1.54) is 0 Å². The summed E-state index contributed by atoms with van der Waals surface area (Å²) >= 11 is 0. The van der Waals surface area contributed by atoms with Crippen molar-refractivity contribution in [2.24, 2.45) is 0 Å². The number of rotatable bonds is 2. The summed E-state index contributed by atoms with van der Waals surface area (Å²) in [4.78, 5) is 16.5. The Balaban J connectivity index is 2.31. The van der Waals surface area contributed by atoms with Gasteiger partial charge < -0.3 is 4.90 Å². The average Bonchev–Trinajstić information content (AvgIpc) is 2.53. The summed E-state index contributed by atoms with van der Waals surface area (Å²) in [5.74, 6) is 0.0274. The summed E-state index contributed by atoms with van der Waals surface area (Å²) in [6.07, 6.45) is 1.15. The van der Waals surface area contributed by atoms with Gasteiger partial charge in [-0.2, -0.15) is 5.26 Å². The maximum Gasteiger partial charge on any atom is 0.245 e. The van der Waals surface area contributed by atoms with E-state index in [2.05, 4.69) is 13.0 Å². The summed E-state index contributed by atoms with van der Waals surface area (Å²) in [6.45, 7) is 2.81. The van der Waals surface area contributed by atoms with Crippen LogP contribution in [0.25, 0.3) is 0 Å². The maximum absolute atomic E-state index is 12.6. The zero-order valence-electron chi connectivity index (χ0n) is 11.4. The van der Waals surface area contributed by atoms with E-state index < -0.39 is 0 Å². The molecule has 0 radical (unpaired) electrons. The second-order valence-electron chi connectivity index (χ2n) is 5.01. The van der Waals surface area contributed by atoms with Crippen LogP contribution in [0.3, 0.4) is 0 Å². The number of hydrogen-bond acceptors (Lipinski definition) is 3. The minimum atomic E-state index is -0.345. The van der Waals surface area contributed by atoms with Crippen LogP contribution < -0.4 is 4.90 Å². The quantitative estimate of drug-likeness (QED) is 0.814. The van der Waals surface area contributed by atoms with Gasteiger partial charge in [0.1, 0.15) is 6.04 Å². The lowest BCUT2D eigenvalue weighted by molar-refractivity contribution is -0.123. The fourth-order valence-electron chi connectivity index (χ4n) is 2.47. The third-order valence-corrected chi connectivity index (χ3v) is 3.86. The van der Waals surface area contributed by atoms with Crippen molar-refractivity contribution in [1.29, 1.82) is 5.26 Å². The fraction of sp³-hybridized carbons (Fsp3) is 0.467. The topological polar surface area (TPSA) is 47.3 Å². The number of likely N-dealkylation sites (N-methyl/N-ethyl adjacent to an activating group) is 1. The van der Waals surface area contributed by atoms with Crippen LogP contribution in [-0.2, 0) is 4.79 Å². The van der Waals surface area contributed by atoms with Gasteiger partial charge in [0.2, 0.25) is 5.91 Å². The van der Waals surface area contributed by atoms with Crippen molar-refractivity contribution in [2.45, 2.75) is 31.8 Å². The molecular formula is C15H19N3O. The Kier molecular flexibility index (Phi) is 4.18. The number of amides is 1. The first-order valence-electron chi connectivity index (χ1n) is 6.60. The van der Waals surface area contributed by atoms with Crippen molar-refractivity contribution in [3.8, 4) is 6.07 Å². The number of anilines is 1. The summed E-state index contributed by atoms with van der Waals surface area (Å²) in [5.41, 5.74) is 0.915. The van der Waals surface area contributed by atoms with Gasteiger partial charge in [0.05, 0.1) is 12.5 Å². The number of carbonyl (C=O) groups excluding carboxylic acids is 1. The molecule has 100 valence electrons. The molecule has 4 heteroatoms. The van der Waals surface area contributed by atoms with E-state index >= 15 is 0 Å². The SMILES string of the molecule is CC1CCN(c2ccccc2)C(=O)C(CC#N)N1C. The molecule has 1 amide bonds. The molecule has 1 aromatic rings. The molecule has 0 aromatic heterocycles. The molecule has 0 N–H and O–H groups in total. The molecule has 1 heterocycles. The van der Waals surface area contributed by atoms with Crippen LogP contribution in [0.4, 0.5) is 5.69 Å². The first-order chi connectivity index (χ1) is 9.15. The molecule has 4 nitrogen and oxygen atoms in total. The largest absolute Gasteiger partial charge is 0.311 e. The molecule has 0 spiro atoms. The standard InChI is InChI=1S/C15H19N3O/c1-12-9-11-18(13-6-4-3-5-7-13)15(19)14(8-10-16)17(12)2/h3-7,12,14H,8-9,11H2,1-2H3. The van der Waals surface area contributed by atoms with Crippen LogP contribution >= 0.6 is 0 Å². The van der Waals surface area contributed by atoms with Gasteiger partial charge in [0, 0.05) is 18.3 Å². The van der Waals surface area contributed by atoms with Gasteiger partial charge in [0.25, 0.3) is 0 Å². The van der Waals surface area contributed by atoms with E-state index in [9.17, 15) is 4.79 Å². The molecule has 0 aliphatic carbocycles. The Morgan fingerprint density at radius 1 is 1.37 bits per heavy atom. The Morgan fingerprint density at radius 2 is 2.05 bits per heavy atom. The molecule has 1 aromatic carbocycles. The zero-order valence-corrected chi connectivity index (χ0v) is 11.4. The summed E-state index contributed by atoms with van der Waals surface area (Å²) in [7, 11) is 1.93. The highest BCUT2D eigenvalue weighted by molar-refractivity contribution is 5.97. The second kappa shape index (κ2) is 5.85. The van der Waals surface area contributed by atoms with Gasteiger partial charge >= 0.3 is 0 Å². The van der Waals surface area contributed by atoms with Gasteiger partial charge in [-0.3, -0.25) is 9.69 Å². The fourth-order valence-corrected chi connectivity index (χ4v) is 2.47. The van der Waals surface area contributed by atoms with Gasteiger partial charge in [-0.15, -0.1) is 0 Å². The number of hydrogen-bond donors (Lipinski definition) is 0. The number of para-hydroxylation sites is 1. The molecule has 1 saturated heterocycles. The third-order valence-electron chi connectivity index (χ3n) is 3.86. The number of benzene rings is 1. The maximum atomic E-state index is 12.6. The van der Waals surface area contributed by atoms with Crippen LogP contribution in [0.1, 0.15) is 19.8 Å². The number of nitrogens with zero attached hydrogens (tertiary/aromatic N) is 3. The molecular weight excluding hydrogens is 238 g/mol. The highest BCUT2D eigenvalue weighted by atomic mass is 16.2. The molecule has 1 aliphatic heterocycles. The Labute approximate surface area is 114 Å². The Hall–Kier alpha value is -1.86. The lowest BCUT2D eigenvalue weighted by Crippen LogP contribution is -2.46. The van der Waals surface area contributed by atoms with Gasteiger partial charge in [0.15, 0.2) is 0 Å². The van der Waals surface area contributed by atoms with Gasteiger partial charge in [-0.1, -0.05) is 18.2 Å². The molecule has 2 rings (SSSR count). The second-order valence-corrected chi connectivity index (χ2v) is 5.01. The van der Waals surface area contributed by atoms with Crippen LogP contribution in [0, 0.1) is 11.3 Å². The predicted molar refractivity (Wildman–Crippen MR) is 74.7 cm³/mol. The minimum Gasteiger partial charge on any atom is -0.311 e. The lowest BCUT2D eigenvalue weighted by Gasteiger charge is -2.28. The van der Waals surface area contributed by atoms with Crippen molar-refractivity contribution in [3.63, 3.8) is 0 Å². The lowest BCUT2D eigenvalue weighted by atomic mass is 10.1. The smallest absolute Gasteiger partial charge is 0.245 e. The van der Waals surface area contributed by atoms with E-state index in [0.717, 1.165) is 12.1 Å². The minimum absolute atomic E-state index is 0.0274. The summed E-state index contributed by atoms with van der Waals surface area (Å²) < 4.78 is 0. The number of nitriles is 1. The van der Waals surface area contributed by atoms with E-state index in [1.807, 2.05) is 47.2 Å². The molecule has 2 unspecified atom stereocenters. The van der Waals surface area contributed by atoms with Crippen molar-refractivity contribution in [1.82, 2.24) is 4.90 Å². The summed E-state index contributed by atoms with van der Waals surface area (Å²) in [5, 5.41) is 8.94. The van der Waals surface area contributed by atoms with E-state index in [1.54, 1.807) is 0 Å².